The second-order valence-corrected chi connectivity index (χ2v) is 7.04. The van der Waals surface area contributed by atoms with Gasteiger partial charge in [-0.25, -0.2) is 4.98 Å². The number of hydrogen-bond acceptors (Lipinski definition) is 6. The molecule has 0 amide bonds. The molecular weight excluding hydrogens is 272 g/mol. The second kappa shape index (κ2) is 5.95. The number of hydrogen-bond donors (Lipinski definition) is 0. The van der Waals surface area contributed by atoms with Crippen LogP contribution in [0, 0.1) is 5.92 Å². The molecule has 1 aromatic heterocycles. The maximum atomic E-state index is 5.94. The summed E-state index contributed by atoms with van der Waals surface area (Å²) in [5.41, 5.74) is 0. The number of piperidine rings is 1. The largest absolute Gasteiger partial charge is 0.374 e. The molecule has 6 heteroatoms. The van der Waals surface area contributed by atoms with E-state index < -0.39 is 0 Å². The van der Waals surface area contributed by atoms with E-state index in [4.69, 9.17) is 9.72 Å². The van der Waals surface area contributed by atoms with Crippen LogP contribution in [0.4, 0.5) is 5.13 Å². The zero-order valence-electron chi connectivity index (χ0n) is 12.6. The van der Waals surface area contributed by atoms with E-state index in [9.17, 15) is 0 Å². The Balaban J connectivity index is 1.75. The van der Waals surface area contributed by atoms with Crippen molar-refractivity contribution in [3.63, 3.8) is 0 Å². The van der Waals surface area contributed by atoms with Gasteiger partial charge in [0.25, 0.3) is 0 Å². The molecule has 3 rings (SSSR count). The summed E-state index contributed by atoms with van der Waals surface area (Å²) < 4.78 is 10.5. The topological polar surface area (TPSA) is 41.5 Å². The second-order valence-electron chi connectivity index (χ2n) is 6.31. The summed E-state index contributed by atoms with van der Waals surface area (Å²) in [6, 6.07) is 0.433. The van der Waals surface area contributed by atoms with Crippen molar-refractivity contribution in [3.8, 4) is 0 Å². The summed E-state index contributed by atoms with van der Waals surface area (Å²) in [4.78, 5) is 9.56. The van der Waals surface area contributed by atoms with E-state index in [-0.39, 0.29) is 0 Å². The average molecular weight is 296 g/mol. The molecule has 2 atom stereocenters. The number of ether oxygens (including phenoxy) is 1. The van der Waals surface area contributed by atoms with Gasteiger partial charge in [0.15, 0.2) is 0 Å². The molecule has 0 spiro atoms. The van der Waals surface area contributed by atoms with Gasteiger partial charge in [-0.05, 0) is 19.4 Å². The Bertz CT molecular complexity index is 450. The highest BCUT2D eigenvalue weighted by atomic mass is 32.1. The monoisotopic (exact) mass is 296 g/mol. The van der Waals surface area contributed by atoms with E-state index in [1.165, 1.54) is 0 Å². The van der Waals surface area contributed by atoms with Gasteiger partial charge < -0.3 is 14.5 Å². The van der Waals surface area contributed by atoms with E-state index in [0.717, 1.165) is 50.0 Å². The molecule has 0 radical (unpaired) electrons. The Labute approximate surface area is 125 Å². The van der Waals surface area contributed by atoms with Crippen LogP contribution in [-0.2, 0) is 11.2 Å². The third-order valence-corrected chi connectivity index (χ3v) is 4.87. The van der Waals surface area contributed by atoms with Crippen molar-refractivity contribution in [2.75, 3.05) is 38.2 Å². The van der Waals surface area contributed by atoms with E-state index in [2.05, 4.69) is 35.1 Å². The van der Waals surface area contributed by atoms with E-state index in [0.29, 0.717) is 18.1 Å². The van der Waals surface area contributed by atoms with Crippen molar-refractivity contribution in [2.24, 2.45) is 5.92 Å². The van der Waals surface area contributed by atoms with Crippen LogP contribution in [0.5, 0.6) is 0 Å². The minimum atomic E-state index is 0.359. The van der Waals surface area contributed by atoms with E-state index in [1.54, 1.807) is 11.5 Å². The van der Waals surface area contributed by atoms with Crippen molar-refractivity contribution in [2.45, 2.75) is 38.8 Å². The van der Waals surface area contributed by atoms with Crippen LogP contribution >= 0.6 is 11.5 Å². The van der Waals surface area contributed by atoms with Crippen LogP contribution in [0.2, 0.25) is 0 Å². The first-order chi connectivity index (χ1) is 9.63. The molecule has 2 aliphatic rings. The van der Waals surface area contributed by atoms with Crippen LogP contribution < -0.4 is 4.90 Å². The number of rotatable bonds is 3. The minimum absolute atomic E-state index is 0.359. The number of anilines is 1. The third-order valence-electron chi connectivity index (χ3n) is 4.08. The smallest absolute Gasteiger partial charge is 0.205 e. The number of aromatic nitrogens is 2. The van der Waals surface area contributed by atoms with Gasteiger partial charge in [0.05, 0.1) is 18.8 Å². The lowest BCUT2D eigenvalue weighted by Gasteiger charge is -2.46. The average Bonchev–Trinajstić information content (AvgIpc) is 2.85. The van der Waals surface area contributed by atoms with Crippen molar-refractivity contribution < 1.29 is 4.74 Å². The Morgan fingerprint density at radius 3 is 3.05 bits per heavy atom. The number of likely N-dealkylation sites (tertiary alicyclic amines) is 1. The first kappa shape index (κ1) is 14.2. The van der Waals surface area contributed by atoms with Crippen LogP contribution in [0.1, 0.15) is 26.1 Å². The molecule has 0 aliphatic carbocycles. The van der Waals surface area contributed by atoms with Crippen LogP contribution in [-0.4, -0.2) is 59.7 Å². The maximum Gasteiger partial charge on any atom is 0.205 e. The van der Waals surface area contributed by atoms with Gasteiger partial charge in [-0.3, -0.25) is 0 Å². The summed E-state index contributed by atoms with van der Waals surface area (Å²) >= 11 is 1.55. The van der Waals surface area contributed by atoms with Crippen LogP contribution in [0.3, 0.4) is 0 Å². The zero-order chi connectivity index (χ0) is 14.1. The molecule has 5 nitrogen and oxygen atoms in total. The summed E-state index contributed by atoms with van der Waals surface area (Å²) in [5.74, 6) is 1.60. The molecule has 1 aromatic rings. The molecule has 3 heterocycles. The molecule has 0 bridgehead atoms. The minimum Gasteiger partial charge on any atom is -0.374 e. The molecule has 112 valence electrons. The van der Waals surface area contributed by atoms with Gasteiger partial charge in [0.1, 0.15) is 5.82 Å². The highest BCUT2D eigenvalue weighted by Gasteiger charge is 2.37. The lowest BCUT2D eigenvalue weighted by molar-refractivity contribution is -0.0243. The normalized spacial score (nSPS) is 27.9. The fraction of sp³-hybridized carbons (Fsp3) is 0.857. The summed E-state index contributed by atoms with van der Waals surface area (Å²) in [5, 5.41) is 1.08. The van der Waals surface area contributed by atoms with Crippen molar-refractivity contribution in [1.29, 1.82) is 0 Å². The molecule has 0 aromatic carbocycles. The van der Waals surface area contributed by atoms with Gasteiger partial charge in [0.2, 0.25) is 5.13 Å². The lowest BCUT2D eigenvalue weighted by Crippen LogP contribution is -2.59. The molecule has 2 aliphatic heterocycles. The quantitative estimate of drug-likeness (QED) is 0.848. The molecule has 0 N–H and O–H groups in total. The van der Waals surface area contributed by atoms with Crippen LogP contribution in [0.25, 0.3) is 0 Å². The standard InChI is InChI=1S/C14H24N4OS/c1-10(2)8-13-15-14(20-16-13)18-6-7-19-12-4-5-17(3)9-11(12)18/h10-12H,4-9H2,1-3H3/t11-,12+/m0/s1. The van der Waals surface area contributed by atoms with Gasteiger partial charge >= 0.3 is 0 Å². The Morgan fingerprint density at radius 2 is 2.25 bits per heavy atom. The first-order valence-electron chi connectivity index (χ1n) is 7.53. The number of fused-ring (bicyclic) bond motifs is 1. The SMILES string of the molecule is CC(C)Cc1nsc(N2CCO[C@@H]3CCN(C)C[C@@H]32)n1. The third kappa shape index (κ3) is 2.97. The zero-order valence-corrected chi connectivity index (χ0v) is 13.4. The number of nitrogens with zero attached hydrogens (tertiary/aromatic N) is 4. The predicted molar refractivity (Wildman–Crippen MR) is 81.4 cm³/mol. The van der Waals surface area contributed by atoms with Crippen molar-refractivity contribution >= 4 is 16.7 Å². The molecule has 0 unspecified atom stereocenters. The summed E-state index contributed by atoms with van der Waals surface area (Å²) in [6.07, 6.45) is 2.45. The Kier molecular flexibility index (Phi) is 4.23. The number of morpholine rings is 1. The van der Waals surface area contributed by atoms with Gasteiger partial charge in [0, 0.05) is 37.6 Å². The van der Waals surface area contributed by atoms with Gasteiger partial charge in [-0.1, -0.05) is 13.8 Å². The predicted octanol–water partition coefficient (Wildman–Crippen LogP) is 1.65. The summed E-state index contributed by atoms with van der Waals surface area (Å²) in [7, 11) is 2.19. The fourth-order valence-corrected chi connectivity index (χ4v) is 3.86. The molecule has 2 fully saturated rings. The van der Waals surface area contributed by atoms with Crippen molar-refractivity contribution in [3.05, 3.63) is 5.82 Å². The molecular formula is C14H24N4OS. The van der Waals surface area contributed by atoms with Gasteiger partial charge in [-0.2, -0.15) is 4.37 Å². The first-order valence-corrected chi connectivity index (χ1v) is 8.30. The van der Waals surface area contributed by atoms with E-state index >= 15 is 0 Å². The maximum absolute atomic E-state index is 5.94. The summed E-state index contributed by atoms with van der Waals surface area (Å²) in [6.45, 7) is 8.35. The Morgan fingerprint density at radius 1 is 1.40 bits per heavy atom. The highest BCUT2D eigenvalue weighted by Crippen LogP contribution is 2.29. The van der Waals surface area contributed by atoms with Gasteiger partial charge in [-0.15, -0.1) is 0 Å². The van der Waals surface area contributed by atoms with Crippen LogP contribution in [0.15, 0.2) is 0 Å². The molecule has 20 heavy (non-hydrogen) atoms. The number of likely N-dealkylation sites (N-methyl/N-ethyl adjacent to an activating group) is 1. The molecule has 2 saturated heterocycles. The molecule has 0 saturated carbocycles. The van der Waals surface area contributed by atoms with Crippen molar-refractivity contribution in [1.82, 2.24) is 14.3 Å². The van der Waals surface area contributed by atoms with E-state index in [1.807, 2.05) is 0 Å². The highest BCUT2D eigenvalue weighted by molar-refractivity contribution is 7.09. The Hall–Kier alpha value is -0.720. The fourth-order valence-electron chi connectivity index (χ4n) is 3.08. The lowest BCUT2D eigenvalue weighted by atomic mass is 10.00.